The van der Waals surface area contributed by atoms with Crippen molar-refractivity contribution in [1.82, 2.24) is 19.5 Å². The summed E-state index contributed by atoms with van der Waals surface area (Å²) < 4.78 is 2.01. The van der Waals surface area contributed by atoms with Gasteiger partial charge >= 0.3 is 0 Å². The number of hydrogen-bond donors (Lipinski definition) is 2. The molecule has 0 spiro atoms. The molecule has 0 saturated carbocycles. The van der Waals surface area contributed by atoms with Crippen molar-refractivity contribution in [2.75, 3.05) is 12.3 Å². The third-order valence-corrected chi connectivity index (χ3v) is 3.23. The van der Waals surface area contributed by atoms with Gasteiger partial charge in [0.05, 0.1) is 19.4 Å². The normalized spacial score (nSPS) is 11.0. The van der Waals surface area contributed by atoms with E-state index in [4.69, 9.17) is 5.73 Å². The van der Waals surface area contributed by atoms with Crippen LogP contribution in [0.25, 0.3) is 11.2 Å². The Morgan fingerprint density at radius 1 is 1.10 bits per heavy atom. The number of quaternary nitrogens is 1. The third-order valence-electron chi connectivity index (χ3n) is 3.23. The number of anilines is 1. The maximum Gasteiger partial charge on any atom is 0.165 e. The summed E-state index contributed by atoms with van der Waals surface area (Å²) >= 11 is 0. The Bertz CT molecular complexity index is 691. The van der Waals surface area contributed by atoms with Gasteiger partial charge in [-0.15, -0.1) is 0 Å². The fourth-order valence-corrected chi connectivity index (χ4v) is 2.18. The molecule has 0 unspecified atom stereocenters. The third kappa shape index (κ3) is 2.60. The minimum Gasteiger partial charge on any atom is -0.382 e. The van der Waals surface area contributed by atoms with E-state index >= 15 is 0 Å². The predicted octanol–water partition coefficient (Wildman–Crippen LogP) is 0.172. The smallest absolute Gasteiger partial charge is 0.165 e. The van der Waals surface area contributed by atoms with Gasteiger partial charge in [-0.25, -0.2) is 15.0 Å². The Labute approximate surface area is 116 Å². The van der Waals surface area contributed by atoms with E-state index in [-0.39, 0.29) is 0 Å². The zero-order valence-corrected chi connectivity index (χ0v) is 11.1. The topological polar surface area (TPSA) is 86.2 Å². The number of nitrogens with zero attached hydrogens (tertiary/aromatic N) is 4. The van der Waals surface area contributed by atoms with Crippen LogP contribution >= 0.6 is 0 Å². The molecular weight excluding hydrogens is 252 g/mol. The predicted molar refractivity (Wildman–Crippen MR) is 76.7 cm³/mol. The van der Waals surface area contributed by atoms with Crippen LogP contribution in [0.1, 0.15) is 5.56 Å². The van der Waals surface area contributed by atoms with Gasteiger partial charge in [0.1, 0.15) is 18.4 Å². The van der Waals surface area contributed by atoms with Crippen molar-refractivity contribution in [3.63, 3.8) is 0 Å². The summed E-state index contributed by atoms with van der Waals surface area (Å²) in [5, 5.41) is 2.27. The standard InChI is InChI=1S/C14H16N6/c15-13-12-14(18-9-17-13)20(10-19-12)7-6-16-8-11-4-2-1-3-5-11/h1-5,9-10,16H,6-8H2,(H2,15,17,18)/p+1. The Kier molecular flexibility index (Phi) is 3.56. The summed E-state index contributed by atoms with van der Waals surface area (Å²) in [5.41, 5.74) is 8.57. The second-order valence-electron chi connectivity index (χ2n) is 4.64. The first-order chi connectivity index (χ1) is 9.84. The molecule has 0 fully saturated rings. The molecule has 0 aliphatic heterocycles. The van der Waals surface area contributed by atoms with Gasteiger partial charge < -0.3 is 15.6 Å². The van der Waals surface area contributed by atoms with E-state index in [0.717, 1.165) is 25.3 Å². The Balaban J connectivity index is 1.59. The van der Waals surface area contributed by atoms with Crippen LogP contribution in [-0.4, -0.2) is 26.1 Å². The summed E-state index contributed by atoms with van der Waals surface area (Å²) in [6, 6.07) is 10.4. The van der Waals surface area contributed by atoms with E-state index in [2.05, 4.69) is 44.5 Å². The molecule has 0 saturated heterocycles. The van der Waals surface area contributed by atoms with Gasteiger partial charge in [0, 0.05) is 5.56 Å². The molecule has 0 amide bonds. The summed E-state index contributed by atoms with van der Waals surface area (Å²) in [7, 11) is 0. The van der Waals surface area contributed by atoms with Crippen LogP contribution in [-0.2, 0) is 13.1 Å². The summed E-state index contributed by atoms with van der Waals surface area (Å²) in [6.45, 7) is 2.79. The van der Waals surface area contributed by atoms with Gasteiger partial charge in [-0.2, -0.15) is 0 Å². The number of aromatic nitrogens is 4. The highest BCUT2D eigenvalue weighted by Gasteiger charge is 2.07. The fourth-order valence-electron chi connectivity index (χ4n) is 2.18. The lowest BCUT2D eigenvalue weighted by atomic mass is 10.2. The molecule has 4 N–H and O–H groups in total. The zero-order valence-electron chi connectivity index (χ0n) is 11.1. The summed E-state index contributed by atoms with van der Waals surface area (Å²) in [5.74, 6) is 0.432. The Morgan fingerprint density at radius 3 is 2.80 bits per heavy atom. The molecule has 2 heterocycles. The number of fused-ring (bicyclic) bond motifs is 1. The highest BCUT2D eigenvalue weighted by atomic mass is 15.1. The molecule has 3 aromatic rings. The van der Waals surface area contributed by atoms with E-state index in [1.807, 2.05) is 10.6 Å². The summed E-state index contributed by atoms with van der Waals surface area (Å²) in [4.78, 5) is 12.4. The lowest BCUT2D eigenvalue weighted by molar-refractivity contribution is -0.671. The van der Waals surface area contributed by atoms with Crippen molar-refractivity contribution in [2.24, 2.45) is 0 Å². The highest BCUT2D eigenvalue weighted by molar-refractivity contribution is 5.80. The number of nitrogen functional groups attached to an aromatic ring is 1. The Morgan fingerprint density at radius 2 is 1.95 bits per heavy atom. The van der Waals surface area contributed by atoms with E-state index in [9.17, 15) is 0 Å². The molecule has 0 bridgehead atoms. The molecule has 0 radical (unpaired) electrons. The molecule has 1 aromatic carbocycles. The molecule has 6 nitrogen and oxygen atoms in total. The van der Waals surface area contributed by atoms with Crippen LogP contribution in [0.15, 0.2) is 43.0 Å². The van der Waals surface area contributed by atoms with Gasteiger partial charge in [0.2, 0.25) is 0 Å². The van der Waals surface area contributed by atoms with Gasteiger partial charge in [-0.05, 0) is 0 Å². The maximum absolute atomic E-state index is 5.77. The second-order valence-corrected chi connectivity index (χ2v) is 4.64. The van der Waals surface area contributed by atoms with Crippen LogP contribution in [0.2, 0.25) is 0 Å². The lowest BCUT2D eigenvalue weighted by Gasteiger charge is -2.04. The number of benzene rings is 1. The minimum atomic E-state index is 0.432. The fraction of sp³-hybridized carbons (Fsp3) is 0.214. The van der Waals surface area contributed by atoms with Gasteiger partial charge in [-0.1, -0.05) is 30.3 Å². The number of nitrogens with two attached hydrogens (primary N) is 2. The van der Waals surface area contributed by atoms with E-state index in [1.54, 1.807) is 6.33 Å². The van der Waals surface area contributed by atoms with E-state index in [0.29, 0.717) is 11.3 Å². The molecule has 102 valence electrons. The van der Waals surface area contributed by atoms with Gasteiger partial charge in [0.15, 0.2) is 11.5 Å². The molecule has 0 aliphatic carbocycles. The lowest BCUT2D eigenvalue weighted by Crippen LogP contribution is -2.83. The zero-order chi connectivity index (χ0) is 13.8. The van der Waals surface area contributed by atoms with Crippen LogP contribution in [0.3, 0.4) is 0 Å². The van der Waals surface area contributed by atoms with Crippen molar-refractivity contribution in [3.05, 3.63) is 48.5 Å². The molecule has 20 heavy (non-hydrogen) atoms. The number of hydrogen-bond acceptors (Lipinski definition) is 4. The van der Waals surface area contributed by atoms with Crippen molar-refractivity contribution in [3.8, 4) is 0 Å². The van der Waals surface area contributed by atoms with Crippen molar-refractivity contribution >= 4 is 17.0 Å². The first-order valence-electron chi connectivity index (χ1n) is 6.61. The van der Waals surface area contributed by atoms with Crippen molar-refractivity contribution in [2.45, 2.75) is 13.1 Å². The maximum atomic E-state index is 5.77. The van der Waals surface area contributed by atoms with Crippen molar-refractivity contribution < 1.29 is 5.32 Å². The minimum absolute atomic E-state index is 0.432. The van der Waals surface area contributed by atoms with Crippen LogP contribution in [0.4, 0.5) is 5.82 Å². The van der Waals surface area contributed by atoms with Crippen LogP contribution in [0, 0.1) is 0 Å². The van der Waals surface area contributed by atoms with Gasteiger partial charge in [0.25, 0.3) is 0 Å². The molecule has 2 aromatic heterocycles. The quantitative estimate of drug-likeness (QED) is 0.647. The molecule has 6 heteroatoms. The average Bonchev–Trinajstić information content (AvgIpc) is 2.90. The highest BCUT2D eigenvalue weighted by Crippen LogP contribution is 2.13. The SMILES string of the molecule is Nc1ncnc2c1ncn2CC[NH2+]Cc1ccccc1. The molecular formula is C14H17N6+. The average molecular weight is 269 g/mol. The molecule has 0 aliphatic rings. The van der Waals surface area contributed by atoms with Crippen LogP contribution in [0.5, 0.6) is 0 Å². The molecule has 0 atom stereocenters. The van der Waals surface area contributed by atoms with Gasteiger partial charge in [-0.3, -0.25) is 0 Å². The van der Waals surface area contributed by atoms with Crippen molar-refractivity contribution in [1.29, 1.82) is 0 Å². The molecule has 3 rings (SSSR count). The van der Waals surface area contributed by atoms with Crippen LogP contribution < -0.4 is 11.1 Å². The number of rotatable bonds is 5. The largest absolute Gasteiger partial charge is 0.382 e. The van der Waals surface area contributed by atoms with E-state index in [1.165, 1.54) is 11.9 Å². The van der Waals surface area contributed by atoms with E-state index < -0.39 is 0 Å². The second kappa shape index (κ2) is 5.66. The number of imidazole rings is 1. The first-order valence-corrected chi connectivity index (χ1v) is 6.61. The summed E-state index contributed by atoms with van der Waals surface area (Å²) in [6.07, 6.45) is 3.25. The monoisotopic (exact) mass is 269 g/mol. The first kappa shape index (κ1) is 12.6. The Hall–Kier alpha value is -2.47.